The Balaban J connectivity index is 2.68. The van der Waals surface area contributed by atoms with Crippen molar-refractivity contribution in [2.24, 2.45) is 0 Å². The van der Waals surface area contributed by atoms with E-state index in [-0.39, 0.29) is 5.56 Å². The third-order valence-electron chi connectivity index (χ3n) is 2.93. The second-order valence-corrected chi connectivity index (χ2v) is 4.45. The van der Waals surface area contributed by atoms with Crippen molar-refractivity contribution in [3.05, 3.63) is 47.5 Å². The van der Waals surface area contributed by atoms with Crippen LogP contribution in [0.5, 0.6) is 0 Å². The van der Waals surface area contributed by atoms with Gasteiger partial charge in [0.25, 0.3) is 0 Å². The van der Waals surface area contributed by atoms with Gasteiger partial charge in [0.2, 0.25) is 0 Å². The van der Waals surface area contributed by atoms with Crippen LogP contribution in [-0.2, 0) is 6.18 Å². The van der Waals surface area contributed by atoms with E-state index < -0.39 is 11.7 Å². The zero-order valence-electron chi connectivity index (χ0n) is 10.4. The number of benzene rings is 2. The van der Waals surface area contributed by atoms with Crippen molar-refractivity contribution in [1.82, 2.24) is 0 Å². The molecule has 0 heterocycles. The van der Waals surface area contributed by atoms with E-state index in [1.165, 1.54) is 6.07 Å². The molecule has 0 fully saturated rings. The highest BCUT2D eigenvalue weighted by Gasteiger charge is 2.34. The molecule has 100 valence electrons. The van der Waals surface area contributed by atoms with Crippen LogP contribution in [0.15, 0.2) is 36.4 Å². The lowest BCUT2D eigenvalue weighted by Gasteiger charge is -2.15. The van der Waals surface area contributed by atoms with E-state index in [2.05, 4.69) is 5.73 Å². The summed E-state index contributed by atoms with van der Waals surface area (Å²) in [6, 6.07) is 8.95. The van der Waals surface area contributed by atoms with Crippen LogP contribution in [0.3, 0.4) is 0 Å². The molecule has 2 aromatic carbocycles. The van der Waals surface area contributed by atoms with Crippen LogP contribution in [0, 0.1) is 6.92 Å². The highest BCUT2D eigenvalue weighted by atomic mass is 19.4. The number of quaternary nitrogens is 1. The maximum atomic E-state index is 13.1. The van der Waals surface area contributed by atoms with E-state index in [0.29, 0.717) is 22.5 Å². The summed E-state index contributed by atoms with van der Waals surface area (Å²) in [5, 5.41) is 0. The predicted molar refractivity (Wildman–Crippen MR) is 68.6 cm³/mol. The maximum absolute atomic E-state index is 13.1. The number of nitrogens with two attached hydrogens (primary N) is 1. The summed E-state index contributed by atoms with van der Waals surface area (Å²) in [5.74, 6) is 0. The summed E-state index contributed by atoms with van der Waals surface area (Å²) in [7, 11) is 0. The summed E-state index contributed by atoms with van der Waals surface area (Å²) >= 11 is 0. The summed E-state index contributed by atoms with van der Waals surface area (Å²) in [6.07, 6.45) is -4.41. The zero-order chi connectivity index (χ0) is 14.2. The molecule has 0 saturated heterocycles. The van der Waals surface area contributed by atoms with Crippen molar-refractivity contribution in [2.45, 2.75) is 13.1 Å². The molecule has 0 saturated carbocycles. The smallest absolute Gasteiger partial charge is 0.399 e. The van der Waals surface area contributed by atoms with Crippen LogP contribution >= 0.6 is 0 Å². The molecule has 0 atom stereocenters. The van der Waals surface area contributed by atoms with E-state index in [4.69, 9.17) is 5.73 Å². The van der Waals surface area contributed by atoms with Gasteiger partial charge in [-0.25, -0.2) is 0 Å². The average molecular weight is 267 g/mol. The molecule has 0 bridgehead atoms. The first-order chi connectivity index (χ1) is 8.79. The van der Waals surface area contributed by atoms with Crippen molar-refractivity contribution >= 4 is 11.4 Å². The van der Waals surface area contributed by atoms with E-state index in [1.807, 2.05) is 0 Å². The van der Waals surface area contributed by atoms with Gasteiger partial charge in [-0.3, -0.25) is 0 Å². The number of aryl methyl sites for hydroxylation is 1. The number of halogens is 3. The largest absolute Gasteiger partial charge is 0.417 e. The summed E-state index contributed by atoms with van der Waals surface area (Å²) in [6.45, 7) is 1.74. The molecule has 5 heteroatoms. The quantitative estimate of drug-likeness (QED) is 0.766. The normalized spacial score (nSPS) is 11.6. The van der Waals surface area contributed by atoms with Crippen molar-refractivity contribution in [3.8, 4) is 11.1 Å². The minimum absolute atomic E-state index is 0.150. The fourth-order valence-electron chi connectivity index (χ4n) is 2.05. The highest BCUT2D eigenvalue weighted by Crippen LogP contribution is 2.39. The average Bonchev–Trinajstić information content (AvgIpc) is 2.28. The second kappa shape index (κ2) is 4.59. The Bertz CT molecular complexity index is 619. The molecule has 0 unspecified atom stereocenters. The lowest BCUT2D eigenvalue weighted by molar-refractivity contribution is -0.255. The Morgan fingerprint density at radius 1 is 1.00 bits per heavy atom. The molecule has 0 aliphatic carbocycles. The van der Waals surface area contributed by atoms with Crippen LogP contribution in [0.4, 0.5) is 24.5 Å². The van der Waals surface area contributed by atoms with Crippen molar-refractivity contribution in [3.63, 3.8) is 0 Å². The van der Waals surface area contributed by atoms with Crippen LogP contribution in [0.1, 0.15) is 11.1 Å². The molecule has 0 aromatic heterocycles. The van der Waals surface area contributed by atoms with Gasteiger partial charge < -0.3 is 11.5 Å². The monoisotopic (exact) mass is 267 g/mol. The molecular formula is C14H14F3N2+. The van der Waals surface area contributed by atoms with E-state index in [9.17, 15) is 13.2 Å². The number of rotatable bonds is 1. The SMILES string of the molecule is Cc1cc(N)ccc1-c1ccc([NH3+])cc1C(F)(F)F. The van der Waals surface area contributed by atoms with Gasteiger partial charge in [0.15, 0.2) is 0 Å². The standard InChI is InChI=1S/C14H13F3N2/c1-8-6-9(18)2-4-11(8)12-5-3-10(19)7-13(12)14(15,16)17/h2-7H,18-19H2,1H3/p+1. The third kappa shape index (κ3) is 2.71. The van der Waals surface area contributed by atoms with Crippen molar-refractivity contribution < 1.29 is 18.9 Å². The van der Waals surface area contributed by atoms with Gasteiger partial charge in [-0.1, -0.05) is 6.07 Å². The van der Waals surface area contributed by atoms with Gasteiger partial charge in [0.1, 0.15) is 5.69 Å². The van der Waals surface area contributed by atoms with Gasteiger partial charge in [-0.2, -0.15) is 13.2 Å². The number of alkyl halides is 3. The molecule has 0 spiro atoms. The minimum atomic E-state index is -4.41. The van der Waals surface area contributed by atoms with E-state index in [1.54, 1.807) is 31.2 Å². The van der Waals surface area contributed by atoms with Crippen molar-refractivity contribution in [2.75, 3.05) is 5.73 Å². The van der Waals surface area contributed by atoms with Crippen LogP contribution in [-0.4, -0.2) is 0 Å². The fourth-order valence-corrected chi connectivity index (χ4v) is 2.05. The molecule has 19 heavy (non-hydrogen) atoms. The first kappa shape index (κ1) is 13.4. The molecule has 0 aliphatic rings. The summed E-state index contributed by atoms with van der Waals surface area (Å²) in [4.78, 5) is 0. The Kier molecular flexibility index (Phi) is 3.24. The molecule has 2 nitrogen and oxygen atoms in total. The van der Waals surface area contributed by atoms with Gasteiger partial charge >= 0.3 is 6.18 Å². The third-order valence-corrected chi connectivity index (χ3v) is 2.93. The Labute approximate surface area is 108 Å². The van der Waals surface area contributed by atoms with Crippen LogP contribution < -0.4 is 11.5 Å². The number of hydrogen-bond acceptors (Lipinski definition) is 1. The fraction of sp³-hybridized carbons (Fsp3) is 0.143. The summed E-state index contributed by atoms with van der Waals surface area (Å²) in [5.41, 5.74) is 10.8. The Morgan fingerprint density at radius 2 is 1.63 bits per heavy atom. The lowest BCUT2D eigenvalue weighted by Crippen LogP contribution is -2.40. The topological polar surface area (TPSA) is 53.7 Å². The highest BCUT2D eigenvalue weighted by molar-refractivity contribution is 5.74. The molecule has 2 aromatic rings. The molecule has 0 radical (unpaired) electrons. The number of anilines is 1. The maximum Gasteiger partial charge on any atom is 0.417 e. The number of hydrogen-bond donors (Lipinski definition) is 2. The second-order valence-electron chi connectivity index (χ2n) is 4.45. The molecule has 2 rings (SSSR count). The minimum Gasteiger partial charge on any atom is -0.399 e. The number of nitrogen functional groups attached to an aromatic ring is 1. The zero-order valence-corrected chi connectivity index (χ0v) is 10.4. The molecule has 5 N–H and O–H groups in total. The molecular weight excluding hydrogens is 253 g/mol. The molecule has 0 amide bonds. The van der Waals surface area contributed by atoms with Crippen molar-refractivity contribution in [1.29, 1.82) is 0 Å². The Morgan fingerprint density at radius 3 is 2.21 bits per heavy atom. The first-order valence-corrected chi connectivity index (χ1v) is 5.69. The lowest BCUT2D eigenvalue weighted by atomic mass is 9.95. The van der Waals surface area contributed by atoms with E-state index in [0.717, 1.165) is 6.07 Å². The first-order valence-electron chi connectivity index (χ1n) is 5.69. The predicted octanol–water partition coefficient (Wildman–Crippen LogP) is 3.14. The van der Waals surface area contributed by atoms with Gasteiger partial charge in [-0.15, -0.1) is 0 Å². The van der Waals surface area contributed by atoms with Gasteiger partial charge in [0, 0.05) is 11.8 Å². The Hall–Kier alpha value is -2.01. The van der Waals surface area contributed by atoms with E-state index >= 15 is 0 Å². The molecule has 0 aliphatic heterocycles. The van der Waals surface area contributed by atoms with Crippen LogP contribution in [0.2, 0.25) is 0 Å². The van der Waals surface area contributed by atoms with Gasteiger partial charge in [0.05, 0.1) is 5.56 Å². The van der Waals surface area contributed by atoms with Gasteiger partial charge in [-0.05, 0) is 47.9 Å². The summed E-state index contributed by atoms with van der Waals surface area (Å²) < 4.78 is 39.2. The van der Waals surface area contributed by atoms with Crippen LogP contribution in [0.25, 0.3) is 11.1 Å².